The minimum Gasteiger partial charge on any atom is -0.403 e. The molecule has 1 rings (SSSR count). The van der Waals surface area contributed by atoms with E-state index in [1.165, 1.54) is 0 Å². The lowest BCUT2D eigenvalue weighted by atomic mass is 10.2. The molecular formula is C14H24O3SSi. The SMILES string of the molecule is Cc1ccccc1S(=O)(=O)CO[Si](C)(C)C(C)(C)C. The molecule has 0 amide bonds. The van der Waals surface area contributed by atoms with Crippen LogP contribution in [0.15, 0.2) is 29.2 Å². The summed E-state index contributed by atoms with van der Waals surface area (Å²) in [7, 11) is -5.42. The van der Waals surface area contributed by atoms with Crippen molar-refractivity contribution in [1.29, 1.82) is 0 Å². The van der Waals surface area contributed by atoms with Gasteiger partial charge >= 0.3 is 0 Å². The van der Waals surface area contributed by atoms with Gasteiger partial charge in [-0.1, -0.05) is 39.0 Å². The molecular weight excluding hydrogens is 276 g/mol. The summed E-state index contributed by atoms with van der Waals surface area (Å²) in [5.41, 5.74) is 0.765. The predicted octanol–water partition coefficient (Wildman–Crippen LogP) is 3.75. The van der Waals surface area contributed by atoms with Gasteiger partial charge in [-0.15, -0.1) is 0 Å². The fraction of sp³-hybridized carbons (Fsp3) is 0.571. The molecule has 0 bridgehead atoms. The average Bonchev–Trinajstić information content (AvgIpc) is 2.25. The van der Waals surface area contributed by atoms with Gasteiger partial charge in [0.05, 0.1) is 4.90 Å². The van der Waals surface area contributed by atoms with E-state index < -0.39 is 18.2 Å². The summed E-state index contributed by atoms with van der Waals surface area (Å²) >= 11 is 0. The standard InChI is InChI=1S/C14H24O3SSi/c1-12-9-7-8-10-13(12)18(15,16)11-17-19(5,6)14(2,3)4/h7-10H,11H2,1-6H3. The Labute approximate surface area is 118 Å². The lowest BCUT2D eigenvalue weighted by Gasteiger charge is -2.35. The van der Waals surface area contributed by atoms with Crippen LogP contribution in [0.25, 0.3) is 0 Å². The van der Waals surface area contributed by atoms with Crippen LogP contribution in [0.5, 0.6) is 0 Å². The molecule has 19 heavy (non-hydrogen) atoms. The fourth-order valence-corrected chi connectivity index (χ4v) is 4.61. The topological polar surface area (TPSA) is 43.4 Å². The van der Waals surface area contributed by atoms with Crippen molar-refractivity contribution in [1.82, 2.24) is 0 Å². The fourth-order valence-electron chi connectivity index (χ4n) is 1.41. The lowest BCUT2D eigenvalue weighted by molar-refractivity contribution is 0.342. The molecule has 0 saturated heterocycles. The summed E-state index contributed by atoms with van der Waals surface area (Å²) in [4.78, 5) is 0.369. The molecule has 0 aliphatic rings. The molecule has 0 unspecified atom stereocenters. The zero-order valence-electron chi connectivity index (χ0n) is 12.6. The Balaban J connectivity index is 2.92. The number of sulfone groups is 1. The molecule has 0 aliphatic heterocycles. The predicted molar refractivity (Wildman–Crippen MR) is 81.5 cm³/mol. The molecule has 0 spiro atoms. The third-order valence-corrected chi connectivity index (χ3v) is 10.1. The van der Waals surface area contributed by atoms with Crippen molar-refractivity contribution >= 4 is 18.2 Å². The zero-order chi connectivity index (χ0) is 14.9. The van der Waals surface area contributed by atoms with Crippen molar-refractivity contribution in [3.8, 4) is 0 Å². The number of rotatable bonds is 4. The van der Waals surface area contributed by atoms with E-state index in [2.05, 4.69) is 33.9 Å². The molecule has 0 saturated carbocycles. The normalized spacial score (nSPS) is 13.6. The first kappa shape index (κ1) is 16.4. The van der Waals surface area contributed by atoms with Crippen molar-refractivity contribution in [2.75, 3.05) is 5.94 Å². The minimum atomic E-state index is -3.37. The maximum Gasteiger partial charge on any atom is 0.201 e. The summed E-state index contributed by atoms with van der Waals surface area (Å²) in [6, 6.07) is 7.02. The lowest BCUT2D eigenvalue weighted by Crippen LogP contribution is -2.42. The van der Waals surface area contributed by atoms with E-state index in [4.69, 9.17) is 4.43 Å². The zero-order valence-corrected chi connectivity index (χ0v) is 14.5. The van der Waals surface area contributed by atoms with E-state index in [1.54, 1.807) is 25.1 Å². The van der Waals surface area contributed by atoms with Gasteiger partial charge in [-0.05, 0) is 36.7 Å². The third-order valence-electron chi connectivity index (χ3n) is 3.81. The smallest absolute Gasteiger partial charge is 0.201 e. The molecule has 1 aromatic rings. The van der Waals surface area contributed by atoms with Crippen molar-refractivity contribution in [3.63, 3.8) is 0 Å². The largest absolute Gasteiger partial charge is 0.403 e. The van der Waals surface area contributed by atoms with E-state index in [-0.39, 0.29) is 11.0 Å². The second-order valence-electron chi connectivity index (χ2n) is 6.40. The van der Waals surface area contributed by atoms with E-state index in [1.807, 2.05) is 6.07 Å². The van der Waals surface area contributed by atoms with Gasteiger partial charge in [-0.3, -0.25) is 0 Å². The molecule has 0 N–H and O–H groups in total. The Kier molecular flexibility index (Phi) is 4.65. The number of aryl methyl sites for hydroxylation is 1. The summed E-state index contributed by atoms with van der Waals surface area (Å²) in [5.74, 6) is -0.228. The second kappa shape index (κ2) is 5.38. The van der Waals surface area contributed by atoms with Gasteiger partial charge in [0, 0.05) is 0 Å². The van der Waals surface area contributed by atoms with Gasteiger partial charge in [0.15, 0.2) is 8.32 Å². The van der Waals surface area contributed by atoms with Gasteiger partial charge in [0.25, 0.3) is 0 Å². The van der Waals surface area contributed by atoms with Crippen molar-refractivity contribution < 1.29 is 12.8 Å². The Hall–Kier alpha value is -0.653. The highest BCUT2D eigenvalue weighted by atomic mass is 32.2. The van der Waals surface area contributed by atoms with Crippen LogP contribution in [0.1, 0.15) is 26.3 Å². The maximum absolute atomic E-state index is 12.3. The number of benzene rings is 1. The first-order valence-corrected chi connectivity index (χ1v) is 11.0. The van der Waals surface area contributed by atoms with Crippen LogP contribution in [0.3, 0.4) is 0 Å². The maximum atomic E-state index is 12.3. The number of hydrogen-bond acceptors (Lipinski definition) is 3. The third kappa shape index (κ3) is 3.90. The molecule has 0 atom stereocenters. The van der Waals surface area contributed by atoms with Crippen molar-refractivity contribution in [2.45, 2.75) is 50.7 Å². The van der Waals surface area contributed by atoms with Crippen LogP contribution in [0.2, 0.25) is 18.1 Å². The summed E-state index contributed by atoms with van der Waals surface area (Å²) in [6.07, 6.45) is 0. The first-order chi connectivity index (χ1) is 8.47. The molecule has 5 heteroatoms. The Morgan fingerprint density at radius 3 is 2.16 bits per heavy atom. The average molecular weight is 300 g/mol. The van der Waals surface area contributed by atoms with E-state index in [9.17, 15) is 8.42 Å². The molecule has 0 heterocycles. The van der Waals surface area contributed by atoms with Gasteiger partial charge < -0.3 is 4.43 Å². The van der Waals surface area contributed by atoms with Crippen LogP contribution in [-0.4, -0.2) is 22.7 Å². The van der Waals surface area contributed by atoms with Crippen LogP contribution in [0, 0.1) is 6.92 Å². The van der Waals surface area contributed by atoms with Crippen molar-refractivity contribution in [2.24, 2.45) is 0 Å². The second-order valence-corrected chi connectivity index (χ2v) is 13.1. The quantitative estimate of drug-likeness (QED) is 0.795. The van der Waals surface area contributed by atoms with Crippen LogP contribution in [0.4, 0.5) is 0 Å². The molecule has 0 aliphatic carbocycles. The van der Waals surface area contributed by atoms with Gasteiger partial charge in [-0.25, -0.2) is 8.42 Å². The van der Waals surface area contributed by atoms with E-state index in [0.29, 0.717) is 4.90 Å². The molecule has 0 fully saturated rings. The van der Waals surface area contributed by atoms with E-state index in [0.717, 1.165) is 5.56 Å². The highest BCUT2D eigenvalue weighted by molar-refractivity contribution is 7.91. The molecule has 0 aromatic heterocycles. The Morgan fingerprint density at radius 1 is 1.16 bits per heavy atom. The Morgan fingerprint density at radius 2 is 1.68 bits per heavy atom. The Bertz CT molecular complexity index is 542. The highest BCUT2D eigenvalue weighted by Crippen LogP contribution is 2.37. The minimum absolute atomic E-state index is 0.00819. The van der Waals surface area contributed by atoms with Crippen LogP contribution >= 0.6 is 0 Å². The van der Waals surface area contributed by atoms with Gasteiger partial charge in [0.1, 0.15) is 5.94 Å². The molecule has 3 nitrogen and oxygen atoms in total. The van der Waals surface area contributed by atoms with E-state index >= 15 is 0 Å². The van der Waals surface area contributed by atoms with Crippen LogP contribution in [-0.2, 0) is 14.3 Å². The molecule has 108 valence electrons. The van der Waals surface area contributed by atoms with Crippen LogP contribution < -0.4 is 0 Å². The molecule has 1 aromatic carbocycles. The summed E-state index contributed by atoms with van der Waals surface area (Å²) < 4.78 is 30.5. The van der Waals surface area contributed by atoms with Gasteiger partial charge in [0.2, 0.25) is 9.84 Å². The van der Waals surface area contributed by atoms with Crippen molar-refractivity contribution in [3.05, 3.63) is 29.8 Å². The first-order valence-electron chi connectivity index (χ1n) is 6.40. The number of hydrogen-bond donors (Lipinski definition) is 0. The summed E-state index contributed by atoms with van der Waals surface area (Å²) in [5, 5.41) is 0.00819. The molecule has 0 radical (unpaired) electrons. The summed E-state index contributed by atoms with van der Waals surface area (Å²) in [6.45, 7) is 12.2. The monoisotopic (exact) mass is 300 g/mol. The highest BCUT2D eigenvalue weighted by Gasteiger charge is 2.38. The van der Waals surface area contributed by atoms with Gasteiger partial charge in [-0.2, -0.15) is 0 Å².